The van der Waals surface area contributed by atoms with E-state index < -0.39 is 0 Å². The minimum Gasteiger partial charge on any atom is -0.295 e. The molecule has 0 spiro atoms. The summed E-state index contributed by atoms with van der Waals surface area (Å²) >= 11 is 0. The Kier molecular flexibility index (Phi) is 2.57. The van der Waals surface area contributed by atoms with E-state index in [4.69, 9.17) is 5.90 Å². The molecule has 0 aliphatic heterocycles. The number of nitrogens with two attached hydrogens (primary N) is 1. The standard InChI is InChI=1S/C8H12N2O/c1-6-3-4-10-8(5-6)7(2)11-9/h3-5,7H,9H2,1-2H3. The molecule has 1 unspecified atom stereocenters. The van der Waals surface area contributed by atoms with E-state index in [1.807, 2.05) is 26.0 Å². The molecule has 1 aromatic rings. The molecule has 11 heavy (non-hydrogen) atoms. The quantitative estimate of drug-likeness (QED) is 0.650. The summed E-state index contributed by atoms with van der Waals surface area (Å²) < 4.78 is 0. The van der Waals surface area contributed by atoms with Gasteiger partial charge >= 0.3 is 0 Å². The third-order valence-electron chi connectivity index (χ3n) is 1.56. The van der Waals surface area contributed by atoms with Crippen molar-refractivity contribution in [1.29, 1.82) is 0 Å². The van der Waals surface area contributed by atoms with Crippen molar-refractivity contribution in [1.82, 2.24) is 4.98 Å². The molecule has 60 valence electrons. The normalized spacial score (nSPS) is 13.0. The second kappa shape index (κ2) is 3.46. The molecule has 3 heteroatoms. The Morgan fingerprint density at radius 1 is 1.64 bits per heavy atom. The van der Waals surface area contributed by atoms with Crippen LogP contribution in [0.2, 0.25) is 0 Å². The second-order valence-corrected chi connectivity index (χ2v) is 2.54. The van der Waals surface area contributed by atoms with Gasteiger partial charge in [0.2, 0.25) is 0 Å². The van der Waals surface area contributed by atoms with Crippen LogP contribution < -0.4 is 5.90 Å². The number of hydrogen-bond donors (Lipinski definition) is 1. The van der Waals surface area contributed by atoms with Crippen LogP contribution in [-0.4, -0.2) is 4.98 Å². The maximum atomic E-state index is 5.01. The van der Waals surface area contributed by atoms with Crippen molar-refractivity contribution in [2.24, 2.45) is 5.90 Å². The monoisotopic (exact) mass is 152 g/mol. The molecule has 0 bridgehead atoms. The van der Waals surface area contributed by atoms with E-state index in [2.05, 4.69) is 9.82 Å². The van der Waals surface area contributed by atoms with Crippen molar-refractivity contribution in [2.75, 3.05) is 0 Å². The first-order chi connectivity index (χ1) is 5.24. The third-order valence-corrected chi connectivity index (χ3v) is 1.56. The zero-order valence-corrected chi connectivity index (χ0v) is 6.74. The predicted octanol–water partition coefficient (Wildman–Crippen LogP) is 1.34. The summed E-state index contributed by atoms with van der Waals surface area (Å²) in [5.74, 6) is 5.01. The van der Waals surface area contributed by atoms with Crippen molar-refractivity contribution >= 4 is 0 Å². The van der Waals surface area contributed by atoms with Gasteiger partial charge in [0, 0.05) is 6.20 Å². The molecule has 0 aromatic carbocycles. The average Bonchev–Trinajstić information content (AvgIpc) is 2.03. The Balaban J connectivity index is 2.86. The number of rotatable bonds is 2. The lowest BCUT2D eigenvalue weighted by molar-refractivity contribution is 0.0634. The number of hydrogen-bond acceptors (Lipinski definition) is 3. The molecule has 1 rings (SSSR count). The molecular formula is C8H12N2O. The first kappa shape index (κ1) is 8.17. The summed E-state index contributed by atoms with van der Waals surface area (Å²) in [4.78, 5) is 8.73. The Bertz CT molecular complexity index is 237. The molecule has 3 nitrogen and oxygen atoms in total. The first-order valence-corrected chi connectivity index (χ1v) is 3.52. The van der Waals surface area contributed by atoms with Gasteiger partial charge in [-0.25, -0.2) is 5.90 Å². The van der Waals surface area contributed by atoms with Gasteiger partial charge in [0.05, 0.1) is 5.69 Å². The number of aromatic nitrogens is 1. The minimum atomic E-state index is -0.130. The van der Waals surface area contributed by atoms with E-state index in [1.54, 1.807) is 6.20 Å². The van der Waals surface area contributed by atoms with Crippen LogP contribution in [0.25, 0.3) is 0 Å². The molecule has 2 N–H and O–H groups in total. The highest BCUT2D eigenvalue weighted by Gasteiger charge is 2.04. The topological polar surface area (TPSA) is 48.1 Å². The van der Waals surface area contributed by atoms with E-state index >= 15 is 0 Å². The molecule has 0 fully saturated rings. The molecule has 0 aliphatic carbocycles. The molecule has 0 saturated carbocycles. The van der Waals surface area contributed by atoms with Crippen molar-refractivity contribution in [2.45, 2.75) is 20.0 Å². The van der Waals surface area contributed by atoms with Crippen LogP contribution in [-0.2, 0) is 4.84 Å². The summed E-state index contributed by atoms with van der Waals surface area (Å²) in [6.07, 6.45) is 1.62. The molecule has 1 heterocycles. The van der Waals surface area contributed by atoms with Gasteiger partial charge in [-0.05, 0) is 31.5 Å². The molecule has 0 amide bonds. The SMILES string of the molecule is Cc1ccnc(C(C)ON)c1. The van der Waals surface area contributed by atoms with Crippen molar-refractivity contribution in [3.63, 3.8) is 0 Å². The summed E-state index contributed by atoms with van der Waals surface area (Å²) in [6.45, 7) is 3.87. The van der Waals surface area contributed by atoms with Crippen LogP contribution in [0.1, 0.15) is 24.3 Å². The Hall–Kier alpha value is -0.930. The third kappa shape index (κ3) is 2.00. The maximum Gasteiger partial charge on any atom is 0.118 e. The van der Waals surface area contributed by atoms with Crippen molar-refractivity contribution < 1.29 is 4.84 Å². The van der Waals surface area contributed by atoms with Gasteiger partial charge in [0.25, 0.3) is 0 Å². The van der Waals surface area contributed by atoms with Gasteiger partial charge in [-0.15, -0.1) is 0 Å². The van der Waals surface area contributed by atoms with Crippen LogP contribution >= 0.6 is 0 Å². The van der Waals surface area contributed by atoms with Crippen LogP contribution in [0.3, 0.4) is 0 Å². The molecule has 0 saturated heterocycles. The van der Waals surface area contributed by atoms with Gasteiger partial charge in [-0.1, -0.05) is 0 Å². The molecule has 0 radical (unpaired) electrons. The number of aryl methyl sites for hydroxylation is 1. The summed E-state index contributed by atoms with van der Waals surface area (Å²) in [5.41, 5.74) is 2.03. The fourth-order valence-corrected chi connectivity index (χ4v) is 0.852. The highest BCUT2D eigenvalue weighted by atomic mass is 16.6. The maximum absolute atomic E-state index is 5.01. The average molecular weight is 152 g/mol. The van der Waals surface area contributed by atoms with E-state index in [-0.39, 0.29) is 6.10 Å². The van der Waals surface area contributed by atoms with Gasteiger partial charge in [-0.2, -0.15) is 0 Å². The van der Waals surface area contributed by atoms with Crippen LogP contribution in [0, 0.1) is 6.92 Å². The van der Waals surface area contributed by atoms with E-state index in [1.165, 1.54) is 5.56 Å². The van der Waals surface area contributed by atoms with E-state index in [9.17, 15) is 0 Å². The van der Waals surface area contributed by atoms with E-state index in [0.717, 1.165) is 5.69 Å². The van der Waals surface area contributed by atoms with Crippen molar-refractivity contribution in [3.05, 3.63) is 29.6 Å². The van der Waals surface area contributed by atoms with Gasteiger partial charge in [0.15, 0.2) is 0 Å². The summed E-state index contributed by atoms with van der Waals surface area (Å²) in [7, 11) is 0. The molecule has 0 aliphatic rings. The fraction of sp³-hybridized carbons (Fsp3) is 0.375. The van der Waals surface area contributed by atoms with Gasteiger partial charge in [0.1, 0.15) is 6.10 Å². The summed E-state index contributed by atoms with van der Waals surface area (Å²) in [6, 6.07) is 3.89. The van der Waals surface area contributed by atoms with Gasteiger partial charge in [-0.3, -0.25) is 9.82 Å². The first-order valence-electron chi connectivity index (χ1n) is 3.52. The van der Waals surface area contributed by atoms with Crippen LogP contribution in [0.15, 0.2) is 18.3 Å². The van der Waals surface area contributed by atoms with E-state index in [0.29, 0.717) is 0 Å². The zero-order valence-electron chi connectivity index (χ0n) is 6.74. The number of pyridine rings is 1. The van der Waals surface area contributed by atoms with Gasteiger partial charge < -0.3 is 0 Å². The lowest BCUT2D eigenvalue weighted by Crippen LogP contribution is -2.06. The second-order valence-electron chi connectivity index (χ2n) is 2.54. The number of nitrogens with zero attached hydrogens (tertiary/aromatic N) is 1. The Labute approximate surface area is 66.2 Å². The zero-order chi connectivity index (χ0) is 8.27. The minimum absolute atomic E-state index is 0.130. The highest BCUT2D eigenvalue weighted by Crippen LogP contribution is 2.11. The Morgan fingerprint density at radius 3 is 2.91 bits per heavy atom. The molecular weight excluding hydrogens is 140 g/mol. The summed E-state index contributed by atoms with van der Waals surface area (Å²) in [5, 5.41) is 0. The Morgan fingerprint density at radius 2 is 2.36 bits per heavy atom. The fourth-order valence-electron chi connectivity index (χ4n) is 0.852. The predicted molar refractivity (Wildman–Crippen MR) is 42.7 cm³/mol. The van der Waals surface area contributed by atoms with Crippen molar-refractivity contribution in [3.8, 4) is 0 Å². The van der Waals surface area contributed by atoms with Crippen LogP contribution in [0.5, 0.6) is 0 Å². The lowest BCUT2D eigenvalue weighted by Gasteiger charge is -2.07. The largest absolute Gasteiger partial charge is 0.295 e. The molecule has 1 atom stereocenters. The smallest absolute Gasteiger partial charge is 0.118 e. The lowest BCUT2D eigenvalue weighted by atomic mass is 10.2. The van der Waals surface area contributed by atoms with Crippen LogP contribution in [0.4, 0.5) is 0 Å². The molecule has 1 aromatic heterocycles. The highest BCUT2D eigenvalue weighted by molar-refractivity contribution is 5.15.